The molecule has 0 spiro atoms. The van der Waals surface area contributed by atoms with Crippen molar-refractivity contribution in [2.24, 2.45) is 17.1 Å². The Morgan fingerprint density at radius 1 is 1.75 bits per heavy atom. The van der Waals surface area contributed by atoms with Crippen molar-refractivity contribution in [3.05, 3.63) is 0 Å². The van der Waals surface area contributed by atoms with Gasteiger partial charge >= 0.3 is 5.97 Å². The van der Waals surface area contributed by atoms with Gasteiger partial charge in [-0.05, 0) is 31.1 Å². The molecule has 0 saturated heterocycles. The van der Waals surface area contributed by atoms with Gasteiger partial charge in [0.2, 0.25) is 0 Å². The molecule has 1 fully saturated rings. The summed E-state index contributed by atoms with van der Waals surface area (Å²) in [5.41, 5.74) is 5.61. The van der Waals surface area contributed by atoms with Crippen molar-refractivity contribution >= 4 is 5.97 Å². The van der Waals surface area contributed by atoms with Gasteiger partial charge in [0.15, 0.2) is 0 Å². The fourth-order valence-corrected chi connectivity index (χ4v) is 1.75. The van der Waals surface area contributed by atoms with E-state index in [9.17, 15) is 4.79 Å². The fraction of sp³-hybridized carbons (Fsp3) is 0.889. The minimum atomic E-state index is -0.735. The Labute approximate surface area is 72.9 Å². The van der Waals surface area contributed by atoms with E-state index in [1.54, 1.807) is 0 Å². The highest BCUT2D eigenvalue weighted by Gasteiger charge is 2.45. The highest BCUT2D eigenvalue weighted by atomic mass is 16.4. The number of carboxylic acids is 1. The monoisotopic (exact) mass is 171 g/mol. The molecule has 3 nitrogen and oxygen atoms in total. The summed E-state index contributed by atoms with van der Waals surface area (Å²) in [5.74, 6) is -0.199. The summed E-state index contributed by atoms with van der Waals surface area (Å²) in [6.07, 6.45) is 2.49. The zero-order chi connectivity index (χ0) is 9.35. The van der Waals surface area contributed by atoms with E-state index in [1.807, 2.05) is 13.8 Å². The van der Waals surface area contributed by atoms with Gasteiger partial charge in [-0.15, -0.1) is 0 Å². The first kappa shape index (κ1) is 9.52. The second kappa shape index (κ2) is 3.05. The molecular weight excluding hydrogens is 154 g/mol. The number of nitrogens with two attached hydrogens (primary N) is 1. The third kappa shape index (κ3) is 1.78. The predicted molar refractivity (Wildman–Crippen MR) is 46.7 cm³/mol. The topological polar surface area (TPSA) is 63.3 Å². The third-order valence-corrected chi connectivity index (χ3v) is 3.08. The lowest BCUT2D eigenvalue weighted by Gasteiger charge is -2.32. The Bertz CT molecular complexity index is 183. The first-order valence-corrected chi connectivity index (χ1v) is 4.44. The van der Waals surface area contributed by atoms with Gasteiger partial charge in [0.05, 0.1) is 6.42 Å². The molecule has 1 saturated carbocycles. The van der Waals surface area contributed by atoms with E-state index in [4.69, 9.17) is 10.8 Å². The van der Waals surface area contributed by atoms with E-state index in [2.05, 4.69) is 0 Å². The van der Waals surface area contributed by atoms with Crippen LogP contribution in [-0.4, -0.2) is 17.1 Å². The van der Waals surface area contributed by atoms with E-state index in [-0.39, 0.29) is 17.9 Å². The Balaban J connectivity index is 2.64. The first-order valence-electron chi connectivity index (χ1n) is 4.44. The van der Waals surface area contributed by atoms with Gasteiger partial charge in [0.1, 0.15) is 0 Å². The van der Waals surface area contributed by atoms with Crippen molar-refractivity contribution in [2.45, 2.75) is 39.2 Å². The normalized spacial score (nSPS) is 24.6. The van der Waals surface area contributed by atoms with Crippen molar-refractivity contribution in [1.29, 1.82) is 0 Å². The van der Waals surface area contributed by atoms with Gasteiger partial charge in [-0.25, -0.2) is 0 Å². The highest BCUT2D eigenvalue weighted by molar-refractivity contribution is 5.68. The summed E-state index contributed by atoms with van der Waals surface area (Å²) in [6, 6.07) is -0.0268. The summed E-state index contributed by atoms with van der Waals surface area (Å²) in [7, 11) is 0. The predicted octanol–water partition coefficient (Wildman–Crippen LogP) is 1.22. The lowest BCUT2D eigenvalue weighted by atomic mass is 9.76. The molecule has 0 bridgehead atoms. The van der Waals surface area contributed by atoms with Crippen LogP contribution in [0.3, 0.4) is 0 Å². The van der Waals surface area contributed by atoms with E-state index in [0.29, 0.717) is 5.92 Å². The molecule has 2 unspecified atom stereocenters. The number of rotatable bonds is 4. The van der Waals surface area contributed by atoms with E-state index in [0.717, 1.165) is 12.8 Å². The molecule has 0 amide bonds. The maximum Gasteiger partial charge on any atom is 0.303 e. The molecule has 0 aromatic carbocycles. The molecule has 12 heavy (non-hydrogen) atoms. The fourth-order valence-electron chi connectivity index (χ4n) is 1.75. The average Bonchev–Trinajstić information content (AvgIpc) is 2.65. The van der Waals surface area contributed by atoms with E-state index >= 15 is 0 Å². The summed E-state index contributed by atoms with van der Waals surface area (Å²) < 4.78 is 0. The maximum absolute atomic E-state index is 10.6. The van der Waals surface area contributed by atoms with E-state index < -0.39 is 5.97 Å². The molecule has 1 aliphatic carbocycles. The molecule has 1 aliphatic rings. The molecule has 0 radical (unpaired) electrons. The number of carbonyl (C=O) groups is 1. The zero-order valence-corrected chi connectivity index (χ0v) is 7.71. The van der Waals surface area contributed by atoms with Crippen LogP contribution >= 0.6 is 0 Å². The van der Waals surface area contributed by atoms with Gasteiger partial charge in [0.25, 0.3) is 0 Å². The van der Waals surface area contributed by atoms with Gasteiger partial charge in [-0.2, -0.15) is 0 Å². The van der Waals surface area contributed by atoms with Crippen molar-refractivity contribution in [1.82, 2.24) is 0 Å². The quantitative estimate of drug-likeness (QED) is 0.668. The van der Waals surface area contributed by atoms with Crippen LogP contribution in [0.25, 0.3) is 0 Å². The number of aliphatic carboxylic acids is 1. The Morgan fingerprint density at radius 2 is 2.25 bits per heavy atom. The molecule has 0 heterocycles. The first-order chi connectivity index (χ1) is 5.47. The van der Waals surface area contributed by atoms with Gasteiger partial charge in [-0.1, -0.05) is 6.92 Å². The van der Waals surface area contributed by atoms with Crippen LogP contribution in [0, 0.1) is 11.3 Å². The molecule has 3 N–H and O–H groups in total. The van der Waals surface area contributed by atoms with Crippen LogP contribution in [0.15, 0.2) is 0 Å². The van der Waals surface area contributed by atoms with E-state index in [1.165, 1.54) is 0 Å². The Kier molecular flexibility index (Phi) is 2.42. The van der Waals surface area contributed by atoms with Crippen LogP contribution in [0.1, 0.15) is 33.1 Å². The average molecular weight is 171 g/mol. The van der Waals surface area contributed by atoms with Crippen LogP contribution < -0.4 is 5.73 Å². The summed E-state index contributed by atoms with van der Waals surface area (Å²) in [6.45, 7) is 3.89. The lowest BCUT2D eigenvalue weighted by Crippen LogP contribution is -2.40. The second-order valence-electron chi connectivity index (χ2n) is 4.14. The minimum Gasteiger partial charge on any atom is -0.481 e. The van der Waals surface area contributed by atoms with Crippen LogP contribution in [-0.2, 0) is 4.79 Å². The minimum absolute atomic E-state index is 0.0268. The Hall–Kier alpha value is -0.570. The van der Waals surface area contributed by atoms with Crippen LogP contribution in [0.4, 0.5) is 0 Å². The smallest absolute Gasteiger partial charge is 0.303 e. The Morgan fingerprint density at radius 3 is 2.50 bits per heavy atom. The highest BCUT2D eigenvalue weighted by Crippen LogP contribution is 2.49. The molecule has 0 aliphatic heterocycles. The largest absolute Gasteiger partial charge is 0.481 e. The molecule has 0 aromatic rings. The van der Waals surface area contributed by atoms with Crippen molar-refractivity contribution in [2.75, 3.05) is 0 Å². The lowest BCUT2D eigenvalue weighted by molar-refractivity contribution is -0.140. The second-order valence-corrected chi connectivity index (χ2v) is 4.14. The number of carboxylic acid groups (broad SMARTS) is 1. The standard InChI is InChI=1S/C9H17NO2/c1-6(10)9(2,5-8(11)12)7-3-4-7/h6-7H,3-5,10H2,1-2H3,(H,11,12). The van der Waals surface area contributed by atoms with Crippen molar-refractivity contribution in [3.63, 3.8) is 0 Å². The SMILES string of the molecule is CC(N)C(C)(CC(=O)O)C1CC1. The van der Waals surface area contributed by atoms with Crippen LogP contribution in [0.5, 0.6) is 0 Å². The molecule has 3 heteroatoms. The van der Waals surface area contributed by atoms with Crippen molar-refractivity contribution in [3.8, 4) is 0 Å². The zero-order valence-electron chi connectivity index (χ0n) is 7.71. The van der Waals surface area contributed by atoms with Crippen LogP contribution in [0.2, 0.25) is 0 Å². The van der Waals surface area contributed by atoms with Gasteiger partial charge < -0.3 is 10.8 Å². The molecule has 0 aromatic heterocycles. The molecule has 70 valence electrons. The molecule has 1 rings (SSSR count). The summed E-state index contributed by atoms with van der Waals surface area (Å²) in [4.78, 5) is 10.6. The summed E-state index contributed by atoms with van der Waals surface area (Å²) in [5, 5.41) is 8.72. The van der Waals surface area contributed by atoms with Crippen molar-refractivity contribution < 1.29 is 9.90 Å². The number of hydrogen-bond acceptors (Lipinski definition) is 2. The maximum atomic E-state index is 10.6. The summed E-state index contributed by atoms with van der Waals surface area (Å²) >= 11 is 0. The van der Waals surface area contributed by atoms with Gasteiger partial charge in [-0.3, -0.25) is 4.79 Å². The molecular formula is C9H17NO2. The molecule has 2 atom stereocenters. The number of hydrogen-bond donors (Lipinski definition) is 2. The third-order valence-electron chi connectivity index (χ3n) is 3.08. The van der Waals surface area contributed by atoms with Gasteiger partial charge in [0, 0.05) is 6.04 Å².